The van der Waals surface area contributed by atoms with Crippen LogP contribution in [0.25, 0.3) is 16.2 Å². The highest BCUT2D eigenvalue weighted by molar-refractivity contribution is 7.13. The van der Waals surface area contributed by atoms with Crippen molar-refractivity contribution in [2.45, 2.75) is 19.8 Å². The summed E-state index contributed by atoms with van der Waals surface area (Å²) in [5, 5.41) is 9.24. The molecule has 0 saturated carbocycles. The van der Waals surface area contributed by atoms with Gasteiger partial charge in [-0.05, 0) is 23.9 Å². The molecule has 1 amide bonds. The zero-order valence-electron chi connectivity index (χ0n) is 11.7. The number of rotatable bonds is 5. The first kappa shape index (κ1) is 13.8. The van der Waals surface area contributed by atoms with E-state index in [0.717, 1.165) is 23.4 Å². The molecule has 0 aliphatic carbocycles. The maximum atomic E-state index is 12.2. The first-order valence-corrected chi connectivity index (χ1v) is 7.84. The highest BCUT2D eigenvalue weighted by Crippen LogP contribution is 2.25. The topological polar surface area (TPSA) is 59.3 Å². The third-order valence-electron chi connectivity index (χ3n) is 3.24. The summed E-state index contributed by atoms with van der Waals surface area (Å²) in [6.07, 6.45) is 5.32. The summed E-state index contributed by atoms with van der Waals surface area (Å²) in [6, 6.07) is 5.93. The number of carbonyl (C=O) groups is 1. The minimum Gasteiger partial charge on any atom is -0.352 e. The molecule has 6 heteroatoms. The van der Waals surface area contributed by atoms with Gasteiger partial charge < -0.3 is 5.32 Å². The minimum atomic E-state index is -0.116. The van der Waals surface area contributed by atoms with E-state index in [2.05, 4.69) is 22.3 Å². The highest BCUT2D eigenvalue weighted by atomic mass is 32.1. The molecule has 21 heavy (non-hydrogen) atoms. The number of nitrogens with one attached hydrogen (secondary N) is 1. The Kier molecular flexibility index (Phi) is 3.96. The highest BCUT2D eigenvalue weighted by Gasteiger charge is 2.15. The molecule has 3 rings (SSSR count). The maximum absolute atomic E-state index is 12.2. The number of hydrogen-bond acceptors (Lipinski definition) is 4. The fourth-order valence-corrected chi connectivity index (χ4v) is 2.87. The molecule has 0 unspecified atom stereocenters. The molecule has 0 aliphatic heterocycles. The number of thiophene rings is 1. The molecule has 0 atom stereocenters. The molecular formula is C15H16N4OS. The van der Waals surface area contributed by atoms with Crippen molar-refractivity contribution in [2.75, 3.05) is 6.54 Å². The van der Waals surface area contributed by atoms with E-state index in [0.29, 0.717) is 17.8 Å². The van der Waals surface area contributed by atoms with Crippen LogP contribution in [0.15, 0.2) is 36.0 Å². The molecular weight excluding hydrogens is 284 g/mol. The molecule has 3 aromatic heterocycles. The predicted molar refractivity (Wildman–Crippen MR) is 83.5 cm³/mol. The lowest BCUT2D eigenvalue weighted by Crippen LogP contribution is -2.24. The van der Waals surface area contributed by atoms with Crippen LogP contribution >= 0.6 is 11.3 Å². The Morgan fingerprint density at radius 2 is 2.33 bits per heavy atom. The summed E-state index contributed by atoms with van der Waals surface area (Å²) in [5.74, 6) is -0.116. The van der Waals surface area contributed by atoms with Crippen molar-refractivity contribution >= 4 is 22.9 Å². The van der Waals surface area contributed by atoms with Gasteiger partial charge in [-0.2, -0.15) is 5.10 Å². The van der Waals surface area contributed by atoms with Crippen LogP contribution < -0.4 is 5.32 Å². The molecule has 0 spiro atoms. The van der Waals surface area contributed by atoms with Gasteiger partial charge in [-0.25, -0.2) is 9.50 Å². The normalized spacial score (nSPS) is 10.9. The van der Waals surface area contributed by atoms with Crippen molar-refractivity contribution in [2.24, 2.45) is 0 Å². The van der Waals surface area contributed by atoms with E-state index in [1.54, 1.807) is 28.2 Å². The molecule has 1 N–H and O–H groups in total. The van der Waals surface area contributed by atoms with Crippen LogP contribution in [0.1, 0.15) is 30.1 Å². The van der Waals surface area contributed by atoms with Crippen LogP contribution in [0.2, 0.25) is 0 Å². The third-order valence-corrected chi connectivity index (χ3v) is 4.13. The van der Waals surface area contributed by atoms with Crippen molar-refractivity contribution in [3.8, 4) is 10.6 Å². The van der Waals surface area contributed by atoms with Crippen LogP contribution in [0, 0.1) is 0 Å². The molecule has 3 aromatic rings. The summed E-state index contributed by atoms with van der Waals surface area (Å²) in [4.78, 5) is 17.6. The van der Waals surface area contributed by atoms with Crippen molar-refractivity contribution in [3.63, 3.8) is 0 Å². The first-order valence-electron chi connectivity index (χ1n) is 6.96. The van der Waals surface area contributed by atoms with E-state index in [1.165, 1.54) is 0 Å². The first-order chi connectivity index (χ1) is 10.3. The Bertz CT molecular complexity index is 748. The van der Waals surface area contributed by atoms with Crippen LogP contribution in [0.5, 0.6) is 0 Å². The summed E-state index contributed by atoms with van der Waals surface area (Å²) >= 11 is 1.64. The number of nitrogens with zero attached hydrogens (tertiary/aromatic N) is 3. The Labute approximate surface area is 126 Å². The third kappa shape index (κ3) is 2.67. The second-order valence-electron chi connectivity index (χ2n) is 4.71. The lowest BCUT2D eigenvalue weighted by atomic mass is 10.3. The maximum Gasteiger partial charge on any atom is 0.256 e. The Balaban J connectivity index is 1.96. The van der Waals surface area contributed by atoms with E-state index in [4.69, 9.17) is 0 Å². The van der Waals surface area contributed by atoms with E-state index >= 15 is 0 Å². The zero-order valence-corrected chi connectivity index (χ0v) is 12.6. The van der Waals surface area contributed by atoms with Crippen LogP contribution in [-0.2, 0) is 0 Å². The van der Waals surface area contributed by atoms with Crippen molar-refractivity contribution < 1.29 is 4.79 Å². The quantitative estimate of drug-likeness (QED) is 0.737. The lowest BCUT2D eigenvalue weighted by molar-refractivity contribution is 0.0954. The Morgan fingerprint density at radius 1 is 1.43 bits per heavy atom. The number of unbranched alkanes of at least 4 members (excludes halogenated alkanes) is 1. The van der Waals surface area contributed by atoms with Gasteiger partial charge in [-0.15, -0.1) is 11.3 Å². The van der Waals surface area contributed by atoms with Gasteiger partial charge in [-0.3, -0.25) is 4.79 Å². The summed E-state index contributed by atoms with van der Waals surface area (Å²) in [6.45, 7) is 2.77. The lowest BCUT2D eigenvalue weighted by Gasteiger charge is -2.04. The molecule has 3 heterocycles. The molecule has 0 aromatic carbocycles. The van der Waals surface area contributed by atoms with Gasteiger partial charge in [0.05, 0.1) is 16.8 Å². The van der Waals surface area contributed by atoms with Gasteiger partial charge in [-0.1, -0.05) is 19.4 Å². The smallest absolute Gasteiger partial charge is 0.256 e. The van der Waals surface area contributed by atoms with Gasteiger partial charge in [0.15, 0.2) is 5.65 Å². The van der Waals surface area contributed by atoms with Gasteiger partial charge in [0.25, 0.3) is 5.91 Å². The van der Waals surface area contributed by atoms with Gasteiger partial charge >= 0.3 is 0 Å². The molecule has 5 nitrogen and oxygen atoms in total. The van der Waals surface area contributed by atoms with E-state index in [9.17, 15) is 4.79 Å². The van der Waals surface area contributed by atoms with Gasteiger partial charge in [0, 0.05) is 12.7 Å². The largest absolute Gasteiger partial charge is 0.352 e. The van der Waals surface area contributed by atoms with Crippen LogP contribution in [0.4, 0.5) is 0 Å². The average molecular weight is 300 g/mol. The van der Waals surface area contributed by atoms with E-state index in [1.807, 2.05) is 23.6 Å². The number of aromatic nitrogens is 3. The number of amides is 1. The standard InChI is InChI=1S/C15H16N4OS/c1-2-3-7-17-15(20)11-10-18-19-12(6-8-16-14(11)19)13-5-4-9-21-13/h4-6,8-10H,2-3,7H2,1H3,(H,17,20). The number of fused-ring (bicyclic) bond motifs is 1. The fourth-order valence-electron chi connectivity index (χ4n) is 2.14. The monoisotopic (exact) mass is 300 g/mol. The predicted octanol–water partition coefficient (Wildman–Crippen LogP) is 2.99. The molecule has 0 aliphatic rings. The number of hydrogen-bond donors (Lipinski definition) is 1. The molecule has 0 radical (unpaired) electrons. The van der Waals surface area contributed by atoms with Crippen molar-refractivity contribution in [1.29, 1.82) is 0 Å². The SMILES string of the molecule is CCCCNC(=O)c1cnn2c(-c3cccs3)ccnc12. The molecule has 0 saturated heterocycles. The zero-order chi connectivity index (χ0) is 14.7. The molecule has 108 valence electrons. The van der Waals surface area contributed by atoms with Crippen LogP contribution in [0.3, 0.4) is 0 Å². The fraction of sp³-hybridized carbons (Fsp3) is 0.267. The molecule has 0 bridgehead atoms. The minimum absolute atomic E-state index is 0.116. The Morgan fingerprint density at radius 3 is 3.10 bits per heavy atom. The second kappa shape index (κ2) is 6.05. The van der Waals surface area contributed by atoms with E-state index in [-0.39, 0.29) is 5.91 Å². The summed E-state index contributed by atoms with van der Waals surface area (Å²) < 4.78 is 1.72. The van der Waals surface area contributed by atoms with Crippen molar-refractivity contribution in [3.05, 3.63) is 41.5 Å². The number of carbonyl (C=O) groups excluding carboxylic acids is 1. The second-order valence-corrected chi connectivity index (χ2v) is 5.66. The van der Waals surface area contributed by atoms with Crippen LogP contribution in [-0.4, -0.2) is 27.0 Å². The van der Waals surface area contributed by atoms with Crippen molar-refractivity contribution in [1.82, 2.24) is 19.9 Å². The van der Waals surface area contributed by atoms with Gasteiger partial charge in [0.1, 0.15) is 5.56 Å². The summed E-state index contributed by atoms with van der Waals surface area (Å²) in [5.41, 5.74) is 2.06. The average Bonchev–Trinajstić information content (AvgIpc) is 3.16. The van der Waals surface area contributed by atoms with E-state index < -0.39 is 0 Å². The Hall–Kier alpha value is -2.21. The van der Waals surface area contributed by atoms with Gasteiger partial charge in [0.2, 0.25) is 0 Å². The molecule has 0 fully saturated rings. The summed E-state index contributed by atoms with van der Waals surface area (Å²) in [7, 11) is 0.